The molecule has 0 aromatic rings. The SMILES string of the molecule is C1=CC2CCC2C=CCC1. The van der Waals surface area contributed by atoms with Crippen LogP contribution in [0.4, 0.5) is 0 Å². The average molecular weight is 134 g/mol. The van der Waals surface area contributed by atoms with Crippen molar-refractivity contribution in [2.75, 3.05) is 0 Å². The fourth-order valence-electron chi connectivity index (χ4n) is 1.76. The summed E-state index contributed by atoms with van der Waals surface area (Å²) in [6.07, 6.45) is 14.9. The van der Waals surface area contributed by atoms with E-state index in [1.807, 2.05) is 0 Å². The average Bonchev–Trinajstić information content (AvgIpc) is 1.89. The highest BCUT2D eigenvalue weighted by Gasteiger charge is 2.25. The molecule has 0 aromatic carbocycles. The van der Waals surface area contributed by atoms with Gasteiger partial charge in [-0.1, -0.05) is 24.3 Å². The Kier molecular flexibility index (Phi) is 1.62. The van der Waals surface area contributed by atoms with Crippen LogP contribution < -0.4 is 0 Å². The summed E-state index contributed by atoms with van der Waals surface area (Å²) in [4.78, 5) is 0. The fourth-order valence-corrected chi connectivity index (χ4v) is 1.76. The number of allylic oxidation sites excluding steroid dienone is 4. The third-order valence-corrected chi connectivity index (χ3v) is 2.65. The van der Waals surface area contributed by atoms with E-state index in [-0.39, 0.29) is 0 Å². The Morgan fingerprint density at radius 2 is 1.30 bits per heavy atom. The molecule has 2 rings (SSSR count). The van der Waals surface area contributed by atoms with Gasteiger partial charge in [0.1, 0.15) is 0 Å². The Labute approximate surface area is 62.6 Å². The Hall–Kier alpha value is -0.520. The van der Waals surface area contributed by atoms with Gasteiger partial charge in [0.05, 0.1) is 0 Å². The highest BCUT2D eigenvalue weighted by Crippen LogP contribution is 2.37. The van der Waals surface area contributed by atoms with E-state index in [1.165, 1.54) is 25.7 Å². The van der Waals surface area contributed by atoms with Crippen molar-refractivity contribution >= 4 is 0 Å². The predicted octanol–water partition coefficient (Wildman–Crippen LogP) is 2.92. The van der Waals surface area contributed by atoms with E-state index in [4.69, 9.17) is 0 Å². The maximum Gasteiger partial charge on any atom is -0.0170 e. The molecule has 0 nitrogen and oxygen atoms in total. The van der Waals surface area contributed by atoms with Crippen LogP contribution in [0.15, 0.2) is 24.3 Å². The summed E-state index contributed by atoms with van der Waals surface area (Å²) >= 11 is 0. The molecule has 1 saturated carbocycles. The lowest BCUT2D eigenvalue weighted by Gasteiger charge is -2.32. The van der Waals surface area contributed by atoms with Crippen LogP contribution in [0.25, 0.3) is 0 Å². The molecule has 0 saturated heterocycles. The maximum absolute atomic E-state index is 2.41. The van der Waals surface area contributed by atoms with Crippen molar-refractivity contribution in [1.29, 1.82) is 0 Å². The summed E-state index contributed by atoms with van der Waals surface area (Å²) in [6.45, 7) is 0. The van der Waals surface area contributed by atoms with Gasteiger partial charge < -0.3 is 0 Å². The first-order valence-corrected chi connectivity index (χ1v) is 4.30. The van der Waals surface area contributed by atoms with Gasteiger partial charge in [-0.25, -0.2) is 0 Å². The van der Waals surface area contributed by atoms with Gasteiger partial charge in [0.15, 0.2) is 0 Å². The zero-order chi connectivity index (χ0) is 6.81. The third-order valence-electron chi connectivity index (χ3n) is 2.65. The minimum Gasteiger partial charge on any atom is -0.0879 e. The molecule has 0 heteroatoms. The zero-order valence-corrected chi connectivity index (χ0v) is 6.29. The quantitative estimate of drug-likeness (QED) is 0.447. The second kappa shape index (κ2) is 2.61. The summed E-state index contributed by atoms with van der Waals surface area (Å²) in [7, 11) is 0. The number of hydrogen-bond donors (Lipinski definition) is 0. The van der Waals surface area contributed by atoms with E-state index in [0.717, 1.165) is 11.8 Å². The first kappa shape index (κ1) is 6.21. The molecule has 2 atom stereocenters. The van der Waals surface area contributed by atoms with Crippen molar-refractivity contribution in [3.63, 3.8) is 0 Å². The highest BCUT2D eigenvalue weighted by atomic mass is 14.3. The van der Waals surface area contributed by atoms with Crippen molar-refractivity contribution in [3.8, 4) is 0 Å². The smallest absolute Gasteiger partial charge is 0.0170 e. The molecule has 0 heterocycles. The van der Waals surface area contributed by atoms with E-state index in [1.54, 1.807) is 0 Å². The highest BCUT2D eigenvalue weighted by molar-refractivity contribution is 5.07. The lowest BCUT2D eigenvalue weighted by Crippen LogP contribution is -2.22. The van der Waals surface area contributed by atoms with Gasteiger partial charge in [0.2, 0.25) is 0 Å². The second-order valence-electron chi connectivity index (χ2n) is 3.34. The summed E-state index contributed by atoms with van der Waals surface area (Å²) in [5.74, 6) is 1.80. The Morgan fingerprint density at radius 3 is 1.70 bits per heavy atom. The molecule has 0 bridgehead atoms. The van der Waals surface area contributed by atoms with Crippen LogP contribution in [-0.2, 0) is 0 Å². The van der Waals surface area contributed by atoms with Crippen LogP contribution in [-0.4, -0.2) is 0 Å². The van der Waals surface area contributed by atoms with Crippen LogP contribution in [0.1, 0.15) is 25.7 Å². The molecular weight excluding hydrogens is 120 g/mol. The van der Waals surface area contributed by atoms with Gasteiger partial charge in [-0.2, -0.15) is 0 Å². The van der Waals surface area contributed by atoms with Gasteiger partial charge in [-0.15, -0.1) is 0 Å². The van der Waals surface area contributed by atoms with Gasteiger partial charge in [-0.3, -0.25) is 0 Å². The van der Waals surface area contributed by atoms with Crippen molar-refractivity contribution in [3.05, 3.63) is 24.3 Å². The molecular formula is C10H14. The maximum atomic E-state index is 2.41. The van der Waals surface area contributed by atoms with E-state index >= 15 is 0 Å². The largest absolute Gasteiger partial charge is 0.0879 e. The minimum atomic E-state index is 0.900. The standard InChI is InChI=1S/C10H14/c1-2-4-6-10-8-7-9(10)5-3-1/h3-6,9-10H,1-2,7-8H2. The lowest BCUT2D eigenvalue weighted by molar-refractivity contribution is 0.284. The van der Waals surface area contributed by atoms with Crippen molar-refractivity contribution in [1.82, 2.24) is 0 Å². The van der Waals surface area contributed by atoms with Crippen LogP contribution in [0.2, 0.25) is 0 Å². The molecule has 0 aromatic heterocycles. The molecule has 10 heavy (non-hydrogen) atoms. The van der Waals surface area contributed by atoms with E-state index in [0.29, 0.717) is 0 Å². The van der Waals surface area contributed by atoms with Crippen LogP contribution in [0, 0.1) is 11.8 Å². The second-order valence-corrected chi connectivity index (χ2v) is 3.34. The van der Waals surface area contributed by atoms with Crippen LogP contribution >= 0.6 is 0 Å². The number of hydrogen-bond acceptors (Lipinski definition) is 0. The molecule has 2 aliphatic rings. The fraction of sp³-hybridized carbons (Fsp3) is 0.600. The molecule has 0 amide bonds. The summed E-state index contributed by atoms with van der Waals surface area (Å²) in [6, 6.07) is 0. The Balaban J connectivity index is 2.05. The van der Waals surface area contributed by atoms with Gasteiger partial charge in [0, 0.05) is 0 Å². The molecule has 0 radical (unpaired) electrons. The molecule has 0 spiro atoms. The summed E-state index contributed by atoms with van der Waals surface area (Å²) in [5.41, 5.74) is 0. The summed E-state index contributed by atoms with van der Waals surface area (Å²) < 4.78 is 0. The van der Waals surface area contributed by atoms with Crippen molar-refractivity contribution in [2.45, 2.75) is 25.7 Å². The van der Waals surface area contributed by atoms with E-state index < -0.39 is 0 Å². The number of rotatable bonds is 0. The molecule has 0 N–H and O–H groups in total. The van der Waals surface area contributed by atoms with E-state index in [2.05, 4.69) is 24.3 Å². The lowest BCUT2D eigenvalue weighted by atomic mass is 9.72. The Morgan fingerprint density at radius 1 is 0.800 bits per heavy atom. The van der Waals surface area contributed by atoms with Gasteiger partial charge in [-0.05, 0) is 37.5 Å². The topological polar surface area (TPSA) is 0 Å². The van der Waals surface area contributed by atoms with Gasteiger partial charge in [0.25, 0.3) is 0 Å². The normalized spacial score (nSPS) is 37.6. The monoisotopic (exact) mass is 134 g/mol. The Bertz CT molecular complexity index is 145. The first-order valence-electron chi connectivity index (χ1n) is 4.30. The van der Waals surface area contributed by atoms with Gasteiger partial charge >= 0.3 is 0 Å². The van der Waals surface area contributed by atoms with Crippen LogP contribution in [0.5, 0.6) is 0 Å². The molecule has 2 unspecified atom stereocenters. The van der Waals surface area contributed by atoms with Crippen LogP contribution in [0.3, 0.4) is 0 Å². The summed E-state index contributed by atoms with van der Waals surface area (Å²) in [5, 5.41) is 0. The zero-order valence-electron chi connectivity index (χ0n) is 6.29. The molecule has 1 fully saturated rings. The van der Waals surface area contributed by atoms with Crippen molar-refractivity contribution in [2.24, 2.45) is 11.8 Å². The van der Waals surface area contributed by atoms with Crippen molar-refractivity contribution < 1.29 is 0 Å². The minimum absolute atomic E-state index is 0.900. The third kappa shape index (κ3) is 1.03. The molecule has 0 aliphatic heterocycles. The first-order chi connectivity index (χ1) is 4.97. The number of fused-ring (bicyclic) bond motifs is 1. The van der Waals surface area contributed by atoms with E-state index in [9.17, 15) is 0 Å². The predicted molar refractivity (Wildman–Crippen MR) is 43.7 cm³/mol. The molecule has 2 aliphatic carbocycles. The molecule has 54 valence electrons.